The summed E-state index contributed by atoms with van der Waals surface area (Å²) >= 11 is 0. The fraction of sp³-hybridized carbons (Fsp3) is 0.857. The van der Waals surface area contributed by atoms with E-state index >= 15 is 0 Å². The molecule has 0 aliphatic carbocycles. The minimum atomic E-state index is -0.688. The molecule has 1 unspecified atom stereocenters. The highest BCUT2D eigenvalue weighted by molar-refractivity contribution is 6.14. The maximum Gasteiger partial charge on any atom is 0.235 e. The van der Waals surface area contributed by atoms with Crippen molar-refractivity contribution >= 4 is 16.3 Å². The van der Waals surface area contributed by atoms with E-state index in [1.54, 1.807) is 14.2 Å². The predicted molar refractivity (Wildman–Crippen MR) is 48.9 cm³/mol. The Morgan fingerprint density at radius 3 is 2.33 bits per heavy atom. The number of aliphatic imine (C=N–C) groups is 1. The van der Waals surface area contributed by atoms with E-state index in [1.165, 1.54) is 6.08 Å². The standard InChI is InChI=1S/C7H15NO3Si/c1-4-6(8-5-9)7(12,10-2)11-3/h6H,4H2,1-3,12H3. The van der Waals surface area contributed by atoms with E-state index < -0.39 is 5.41 Å². The normalized spacial score (nSPS) is 13.9. The van der Waals surface area contributed by atoms with Gasteiger partial charge < -0.3 is 9.47 Å². The third-order valence-electron chi connectivity index (χ3n) is 2.01. The number of carbonyl (C=O) groups excluding carboxylic acids is 1. The van der Waals surface area contributed by atoms with Crippen LogP contribution < -0.4 is 0 Å². The molecule has 5 heteroatoms. The molecular weight excluding hydrogens is 174 g/mol. The van der Waals surface area contributed by atoms with Crippen molar-refractivity contribution in [2.75, 3.05) is 14.2 Å². The fourth-order valence-electron chi connectivity index (χ4n) is 0.998. The van der Waals surface area contributed by atoms with Crippen LogP contribution in [0.2, 0.25) is 0 Å². The Hall–Kier alpha value is -0.483. The number of ether oxygens (including phenoxy) is 2. The van der Waals surface area contributed by atoms with Gasteiger partial charge in [0.05, 0.1) is 10.2 Å². The molecule has 0 fully saturated rings. The van der Waals surface area contributed by atoms with E-state index in [9.17, 15) is 4.79 Å². The summed E-state index contributed by atoms with van der Waals surface area (Å²) in [6.07, 6.45) is 2.24. The van der Waals surface area contributed by atoms with Crippen molar-refractivity contribution < 1.29 is 14.3 Å². The zero-order valence-electron chi connectivity index (χ0n) is 7.96. The molecule has 0 heterocycles. The van der Waals surface area contributed by atoms with Gasteiger partial charge in [-0.15, -0.1) is 0 Å². The summed E-state index contributed by atoms with van der Waals surface area (Å²) in [5.74, 6) is 0. The molecule has 0 aromatic rings. The number of hydrogen-bond acceptors (Lipinski definition) is 4. The van der Waals surface area contributed by atoms with Crippen molar-refractivity contribution in [3.8, 4) is 0 Å². The van der Waals surface area contributed by atoms with E-state index in [1.807, 2.05) is 6.92 Å². The summed E-state index contributed by atoms with van der Waals surface area (Å²) in [7, 11) is 3.77. The minimum absolute atomic E-state index is 0.239. The first kappa shape index (κ1) is 11.5. The first-order valence-corrected chi connectivity index (χ1v) is 4.81. The molecule has 70 valence electrons. The molecule has 0 bridgehead atoms. The largest absolute Gasteiger partial charge is 0.356 e. The molecule has 1 atom stereocenters. The monoisotopic (exact) mass is 189 g/mol. The second-order valence-corrected chi connectivity index (χ2v) is 3.96. The van der Waals surface area contributed by atoms with Gasteiger partial charge in [0.25, 0.3) is 0 Å². The van der Waals surface area contributed by atoms with Gasteiger partial charge in [0.1, 0.15) is 6.04 Å². The van der Waals surface area contributed by atoms with E-state index in [0.717, 1.165) is 0 Å². The maximum atomic E-state index is 10.1. The van der Waals surface area contributed by atoms with Gasteiger partial charge in [-0.25, -0.2) is 4.79 Å². The topological polar surface area (TPSA) is 47.9 Å². The second kappa shape index (κ2) is 5.21. The number of nitrogens with zero attached hydrogens (tertiary/aromatic N) is 1. The van der Waals surface area contributed by atoms with Crippen molar-refractivity contribution in [2.24, 2.45) is 4.99 Å². The average Bonchev–Trinajstić information content (AvgIpc) is 2.13. The molecule has 0 spiro atoms. The summed E-state index contributed by atoms with van der Waals surface area (Å²) in [6.45, 7) is 1.93. The van der Waals surface area contributed by atoms with Crippen LogP contribution in [0.5, 0.6) is 0 Å². The van der Waals surface area contributed by atoms with Gasteiger partial charge in [-0.1, -0.05) is 6.92 Å². The van der Waals surface area contributed by atoms with Gasteiger partial charge in [0.15, 0.2) is 5.41 Å². The van der Waals surface area contributed by atoms with Crippen molar-refractivity contribution in [1.29, 1.82) is 0 Å². The first-order valence-electron chi connectivity index (χ1n) is 3.81. The summed E-state index contributed by atoms with van der Waals surface area (Å²) in [6, 6.07) is -0.239. The zero-order valence-corrected chi connectivity index (χ0v) is 9.96. The highest BCUT2D eigenvalue weighted by Crippen LogP contribution is 2.17. The highest BCUT2D eigenvalue weighted by Gasteiger charge is 2.32. The molecule has 0 amide bonds. The Balaban J connectivity index is 4.53. The Kier molecular flexibility index (Phi) is 5.00. The van der Waals surface area contributed by atoms with Crippen LogP contribution in [0.4, 0.5) is 0 Å². The smallest absolute Gasteiger partial charge is 0.235 e. The number of hydrogen-bond donors (Lipinski definition) is 0. The molecule has 0 aliphatic heterocycles. The third kappa shape index (κ3) is 2.53. The Morgan fingerprint density at radius 2 is 2.08 bits per heavy atom. The van der Waals surface area contributed by atoms with Crippen LogP contribution in [0, 0.1) is 0 Å². The maximum absolute atomic E-state index is 10.1. The Labute approximate surface area is 75.4 Å². The van der Waals surface area contributed by atoms with E-state index in [-0.39, 0.29) is 6.04 Å². The van der Waals surface area contributed by atoms with E-state index in [4.69, 9.17) is 9.47 Å². The van der Waals surface area contributed by atoms with Crippen LogP contribution >= 0.6 is 0 Å². The highest BCUT2D eigenvalue weighted by atomic mass is 28.1. The first-order chi connectivity index (χ1) is 5.64. The molecule has 0 aliphatic rings. The third-order valence-corrected chi connectivity index (χ3v) is 3.49. The van der Waals surface area contributed by atoms with E-state index in [0.29, 0.717) is 16.7 Å². The van der Waals surface area contributed by atoms with Crippen LogP contribution in [0.3, 0.4) is 0 Å². The van der Waals surface area contributed by atoms with Crippen LogP contribution in [0.15, 0.2) is 4.99 Å². The van der Waals surface area contributed by atoms with Crippen LogP contribution in [-0.2, 0) is 14.3 Å². The molecule has 0 saturated carbocycles. The average molecular weight is 189 g/mol. The van der Waals surface area contributed by atoms with Gasteiger partial charge >= 0.3 is 0 Å². The summed E-state index contributed by atoms with van der Waals surface area (Å²) in [4.78, 5) is 13.7. The molecule has 4 nitrogen and oxygen atoms in total. The summed E-state index contributed by atoms with van der Waals surface area (Å²) in [5.41, 5.74) is -0.688. The van der Waals surface area contributed by atoms with Gasteiger partial charge in [-0.05, 0) is 6.42 Å². The molecule has 12 heavy (non-hydrogen) atoms. The fourth-order valence-corrected chi connectivity index (χ4v) is 1.54. The van der Waals surface area contributed by atoms with Crippen molar-refractivity contribution in [3.05, 3.63) is 0 Å². The second-order valence-electron chi connectivity index (χ2n) is 2.57. The Bertz CT molecular complexity index is 175. The van der Waals surface area contributed by atoms with Gasteiger partial charge in [-0.3, -0.25) is 0 Å². The van der Waals surface area contributed by atoms with E-state index in [2.05, 4.69) is 4.99 Å². The van der Waals surface area contributed by atoms with Crippen molar-refractivity contribution in [2.45, 2.75) is 24.8 Å². The lowest BCUT2D eigenvalue weighted by atomic mass is 10.2. The van der Waals surface area contributed by atoms with Crippen LogP contribution in [0.1, 0.15) is 13.3 Å². The Morgan fingerprint density at radius 1 is 1.58 bits per heavy atom. The lowest BCUT2D eigenvalue weighted by molar-refractivity contribution is -0.155. The molecule has 0 N–H and O–H groups in total. The molecule has 0 aromatic heterocycles. The van der Waals surface area contributed by atoms with Gasteiger partial charge in [0, 0.05) is 14.2 Å². The number of rotatable bonds is 5. The van der Waals surface area contributed by atoms with Crippen molar-refractivity contribution in [1.82, 2.24) is 0 Å². The quantitative estimate of drug-likeness (QED) is 0.251. The SMILES string of the molecule is CCC(N=C=O)C([SiH3])(OC)OC. The van der Waals surface area contributed by atoms with Gasteiger partial charge in [-0.2, -0.15) is 4.99 Å². The lowest BCUT2D eigenvalue weighted by Crippen LogP contribution is -2.45. The molecule has 0 radical (unpaired) electrons. The minimum Gasteiger partial charge on any atom is -0.356 e. The van der Waals surface area contributed by atoms with Crippen LogP contribution in [-0.4, -0.2) is 42.0 Å². The molecular formula is C7H15NO3Si. The molecule has 0 saturated heterocycles. The lowest BCUT2D eigenvalue weighted by Gasteiger charge is -2.31. The number of isocyanates is 1. The molecule has 0 aromatic carbocycles. The van der Waals surface area contributed by atoms with Crippen molar-refractivity contribution in [3.63, 3.8) is 0 Å². The summed E-state index contributed by atoms with van der Waals surface area (Å²) in [5, 5.41) is 0. The van der Waals surface area contributed by atoms with Gasteiger partial charge in [0.2, 0.25) is 6.08 Å². The van der Waals surface area contributed by atoms with Crippen LogP contribution in [0.25, 0.3) is 0 Å². The molecule has 0 rings (SSSR count). The summed E-state index contributed by atoms with van der Waals surface area (Å²) < 4.78 is 10.3. The number of methoxy groups -OCH3 is 2. The zero-order chi connectivity index (χ0) is 9.61. The predicted octanol–water partition coefficient (Wildman–Crippen LogP) is -0.587.